The van der Waals surface area contributed by atoms with Crippen molar-refractivity contribution in [2.45, 2.75) is 31.6 Å². The van der Waals surface area contributed by atoms with Crippen LogP contribution in [-0.4, -0.2) is 31.6 Å². The van der Waals surface area contributed by atoms with E-state index in [1.807, 2.05) is 6.92 Å². The van der Waals surface area contributed by atoms with Crippen molar-refractivity contribution in [2.24, 2.45) is 11.1 Å². The molecule has 0 amide bonds. The molecule has 1 aliphatic heterocycles. The fourth-order valence-electron chi connectivity index (χ4n) is 2.53. The van der Waals surface area contributed by atoms with Gasteiger partial charge in [-0.05, 0) is 43.5 Å². The highest BCUT2D eigenvalue weighted by Crippen LogP contribution is 2.33. The average molecular weight is 313 g/mol. The van der Waals surface area contributed by atoms with Crippen LogP contribution in [0.2, 0.25) is 0 Å². The van der Waals surface area contributed by atoms with Crippen molar-refractivity contribution in [3.05, 3.63) is 29.6 Å². The summed E-state index contributed by atoms with van der Waals surface area (Å²) >= 11 is 0. The van der Waals surface area contributed by atoms with Gasteiger partial charge in [0.2, 0.25) is 10.0 Å². The number of nitrogens with zero attached hydrogens (tertiary/aromatic N) is 1. The highest BCUT2D eigenvalue weighted by molar-refractivity contribution is 7.89. The molecule has 116 valence electrons. The molecule has 0 saturated carbocycles. The minimum atomic E-state index is -3.63. The zero-order valence-electron chi connectivity index (χ0n) is 12.2. The lowest BCUT2D eigenvalue weighted by Crippen LogP contribution is -2.47. The Balaban J connectivity index is 2.25. The number of aryl methyl sites for hydroxylation is 1. The Bertz CT molecular complexity index is 665. The van der Waals surface area contributed by atoms with Gasteiger partial charge in [-0.3, -0.25) is 5.41 Å². The van der Waals surface area contributed by atoms with Crippen LogP contribution in [0.25, 0.3) is 0 Å². The molecule has 0 unspecified atom stereocenters. The Morgan fingerprint density at radius 2 is 1.95 bits per heavy atom. The van der Waals surface area contributed by atoms with Gasteiger partial charge in [0, 0.05) is 18.5 Å². The van der Waals surface area contributed by atoms with Crippen LogP contribution >= 0.6 is 0 Å². The molecule has 2 rings (SSSR count). The van der Waals surface area contributed by atoms with Crippen molar-refractivity contribution < 1.29 is 12.8 Å². The van der Waals surface area contributed by atoms with E-state index in [0.29, 0.717) is 31.5 Å². The molecule has 7 heteroatoms. The summed E-state index contributed by atoms with van der Waals surface area (Å²) in [4.78, 5) is 0.135. The Morgan fingerprint density at radius 3 is 2.43 bits per heavy atom. The van der Waals surface area contributed by atoms with E-state index in [1.54, 1.807) is 6.92 Å². The molecule has 1 aromatic carbocycles. The van der Waals surface area contributed by atoms with Crippen molar-refractivity contribution in [2.75, 3.05) is 13.1 Å². The lowest BCUT2D eigenvalue weighted by Gasteiger charge is -2.37. The fourth-order valence-corrected chi connectivity index (χ4v) is 4.18. The summed E-state index contributed by atoms with van der Waals surface area (Å²) in [6, 6.07) is 3.68. The third-order valence-corrected chi connectivity index (χ3v) is 6.29. The first-order chi connectivity index (χ1) is 9.67. The zero-order valence-corrected chi connectivity index (χ0v) is 13.0. The molecule has 0 atom stereocenters. The van der Waals surface area contributed by atoms with Gasteiger partial charge >= 0.3 is 0 Å². The number of amidine groups is 1. The fraction of sp³-hybridized carbons (Fsp3) is 0.500. The van der Waals surface area contributed by atoms with Crippen LogP contribution in [0.5, 0.6) is 0 Å². The molecule has 0 radical (unpaired) electrons. The second kappa shape index (κ2) is 5.38. The Morgan fingerprint density at radius 1 is 1.38 bits per heavy atom. The zero-order chi connectivity index (χ0) is 15.8. The highest BCUT2D eigenvalue weighted by Gasteiger charge is 2.37. The summed E-state index contributed by atoms with van der Waals surface area (Å²) in [5, 5.41) is 7.60. The predicted octanol–water partition coefficient (Wildman–Crippen LogP) is 1.86. The topological polar surface area (TPSA) is 87.2 Å². The monoisotopic (exact) mass is 313 g/mol. The number of piperidine rings is 1. The normalized spacial score (nSPS) is 19.4. The van der Waals surface area contributed by atoms with Gasteiger partial charge in [0.25, 0.3) is 0 Å². The van der Waals surface area contributed by atoms with E-state index in [-0.39, 0.29) is 10.7 Å². The second-order valence-corrected chi connectivity index (χ2v) is 7.69. The number of nitrogens with two attached hydrogens (primary N) is 1. The molecule has 1 saturated heterocycles. The van der Waals surface area contributed by atoms with E-state index >= 15 is 0 Å². The molecular weight excluding hydrogens is 293 g/mol. The highest BCUT2D eigenvalue weighted by atomic mass is 32.2. The van der Waals surface area contributed by atoms with Gasteiger partial charge in [0.15, 0.2) is 0 Å². The molecule has 0 aliphatic carbocycles. The van der Waals surface area contributed by atoms with Crippen LogP contribution in [0.3, 0.4) is 0 Å². The molecule has 3 N–H and O–H groups in total. The number of nitrogens with one attached hydrogen (secondary N) is 1. The van der Waals surface area contributed by atoms with E-state index in [4.69, 9.17) is 11.1 Å². The number of sulfonamides is 1. The summed E-state index contributed by atoms with van der Waals surface area (Å²) in [6.45, 7) is 4.09. The molecule has 1 fully saturated rings. The molecule has 5 nitrogen and oxygen atoms in total. The van der Waals surface area contributed by atoms with Crippen molar-refractivity contribution in [1.29, 1.82) is 5.41 Å². The average Bonchev–Trinajstić information content (AvgIpc) is 2.38. The number of hydrogen-bond donors (Lipinski definition) is 2. The van der Waals surface area contributed by atoms with Gasteiger partial charge < -0.3 is 5.73 Å². The van der Waals surface area contributed by atoms with E-state index < -0.39 is 21.3 Å². The van der Waals surface area contributed by atoms with E-state index in [2.05, 4.69) is 0 Å². The summed E-state index contributed by atoms with van der Waals surface area (Å²) in [6.07, 6.45) is 1.03. The standard InChI is InChI=1S/C14H20FN3O2S/c1-10-9-11(15)3-4-12(10)21(19,20)18-7-5-14(2,6-8-18)13(16)17/h3-4,9H,5-8H2,1-2H3,(H3,16,17). The van der Waals surface area contributed by atoms with E-state index in [1.165, 1.54) is 16.4 Å². The number of hydrogen-bond acceptors (Lipinski definition) is 3. The molecule has 1 aromatic rings. The maximum atomic E-state index is 13.1. The van der Waals surface area contributed by atoms with Crippen LogP contribution in [-0.2, 0) is 10.0 Å². The number of rotatable bonds is 3. The van der Waals surface area contributed by atoms with E-state index in [0.717, 1.165) is 6.07 Å². The summed E-state index contributed by atoms with van der Waals surface area (Å²) < 4.78 is 39.7. The molecule has 0 bridgehead atoms. The first-order valence-corrected chi connectivity index (χ1v) is 8.22. The lowest BCUT2D eigenvalue weighted by molar-refractivity contribution is 0.240. The minimum absolute atomic E-state index is 0.0949. The summed E-state index contributed by atoms with van der Waals surface area (Å²) in [7, 11) is -3.63. The van der Waals surface area contributed by atoms with Crippen LogP contribution in [0.15, 0.2) is 23.1 Å². The predicted molar refractivity (Wildman–Crippen MR) is 79.2 cm³/mol. The molecule has 0 aromatic heterocycles. The molecular formula is C14H20FN3O2S. The summed E-state index contributed by atoms with van der Waals surface area (Å²) in [5.41, 5.74) is 5.54. The van der Waals surface area contributed by atoms with Crippen molar-refractivity contribution in [3.63, 3.8) is 0 Å². The Labute approximate surface area is 124 Å². The third kappa shape index (κ3) is 2.94. The van der Waals surface area contributed by atoms with Crippen molar-refractivity contribution in [3.8, 4) is 0 Å². The van der Waals surface area contributed by atoms with Gasteiger partial charge in [-0.25, -0.2) is 12.8 Å². The molecule has 0 spiro atoms. The Kier molecular flexibility index (Phi) is 4.08. The van der Waals surface area contributed by atoms with Crippen LogP contribution < -0.4 is 5.73 Å². The Hall–Kier alpha value is -1.47. The largest absolute Gasteiger partial charge is 0.387 e. The number of benzene rings is 1. The van der Waals surface area contributed by atoms with Crippen LogP contribution in [0.1, 0.15) is 25.3 Å². The molecule has 21 heavy (non-hydrogen) atoms. The van der Waals surface area contributed by atoms with Crippen LogP contribution in [0.4, 0.5) is 4.39 Å². The lowest BCUT2D eigenvalue weighted by atomic mass is 9.80. The first-order valence-electron chi connectivity index (χ1n) is 6.78. The second-order valence-electron chi connectivity index (χ2n) is 5.79. The smallest absolute Gasteiger partial charge is 0.243 e. The maximum absolute atomic E-state index is 13.1. The maximum Gasteiger partial charge on any atom is 0.243 e. The van der Waals surface area contributed by atoms with Gasteiger partial charge in [0.1, 0.15) is 5.82 Å². The van der Waals surface area contributed by atoms with Gasteiger partial charge in [-0.1, -0.05) is 6.92 Å². The summed E-state index contributed by atoms with van der Waals surface area (Å²) in [5.74, 6) is -0.355. The third-order valence-electron chi connectivity index (χ3n) is 4.23. The van der Waals surface area contributed by atoms with Crippen molar-refractivity contribution >= 4 is 15.9 Å². The molecule has 1 aliphatic rings. The number of halogens is 1. The first kappa shape index (κ1) is 15.9. The van der Waals surface area contributed by atoms with Crippen LogP contribution in [0, 0.1) is 23.6 Å². The van der Waals surface area contributed by atoms with E-state index in [9.17, 15) is 12.8 Å². The van der Waals surface area contributed by atoms with Gasteiger partial charge in [0.05, 0.1) is 10.7 Å². The minimum Gasteiger partial charge on any atom is -0.387 e. The van der Waals surface area contributed by atoms with Gasteiger partial charge in [-0.2, -0.15) is 4.31 Å². The molecule has 1 heterocycles. The van der Waals surface area contributed by atoms with Gasteiger partial charge in [-0.15, -0.1) is 0 Å². The quantitative estimate of drug-likeness (QED) is 0.659. The van der Waals surface area contributed by atoms with Crippen molar-refractivity contribution in [1.82, 2.24) is 4.31 Å². The SMILES string of the molecule is Cc1cc(F)ccc1S(=O)(=O)N1CCC(C)(C(=N)N)CC1.